The van der Waals surface area contributed by atoms with Gasteiger partial charge >= 0.3 is 5.97 Å². The molecule has 30 heavy (non-hydrogen) atoms. The van der Waals surface area contributed by atoms with Crippen LogP contribution in [0.5, 0.6) is 0 Å². The molecule has 3 aliphatic rings. The first-order chi connectivity index (χ1) is 14.6. The van der Waals surface area contributed by atoms with Gasteiger partial charge in [-0.3, -0.25) is 14.4 Å². The molecule has 0 radical (unpaired) electrons. The highest BCUT2D eigenvalue weighted by molar-refractivity contribution is 6.24. The van der Waals surface area contributed by atoms with E-state index in [-0.39, 0.29) is 52.5 Å². The minimum absolute atomic E-state index is 0.0871. The predicted molar refractivity (Wildman–Crippen MR) is 108 cm³/mol. The number of fused-ring (bicyclic) bond motifs is 5. The average molecular weight is 401 g/mol. The van der Waals surface area contributed by atoms with Crippen LogP contribution in [0.4, 0.5) is 5.69 Å². The number of esters is 1. The average Bonchev–Trinajstić information content (AvgIpc) is 3.46. The number of rotatable bonds is 5. The van der Waals surface area contributed by atoms with Gasteiger partial charge in [0.15, 0.2) is 12.4 Å². The quantitative estimate of drug-likeness (QED) is 0.333. The zero-order valence-electron chi connectivity index (χ0n) is 16.1. The van der Waals surface area contributed by atoms with Gasteiger partial charge in [-0.25, -0.2) is 9.69 Å². The van der Waals surface area contributed by atoms with Crippen molar-refractivity contribution < 1.29 is 23.9 Å². The molecule has 2 bridgehead atoms. The van der Waals surface area contributed by atoms with Crippen LogP contribution >= 0.6 is 0 Å². The van der Waals surface area contributed by atoms with Crippen LogP contribution in [0.25, 0.3) is 0 Å². The van der Waals surface area contributed by atoms with Crippen molar-refractivity contribution >= 4 is 29.3 Å². The lowest BCUT2D eigenvalue weighted by Crippen LogP contribution is -2.34. The molecule has 5 rings (SSSR count). The molecule has 6 heteroatoms. The van der Waals surface area contributed by atoms with Gasteiger partial charge in [-0.2, -0.15) is 0 Å². The van der Waals surface area contributed by atoms with Crippen molar-refractivity contribution in [3.05, 3.63) is 77.9 Å². The van der Waals surface area contributed by atoms with Crippen molar-refractivity contribution in [3.8, 4) is 0 Å². The summed E-state index contributed by atoms with van der Waals surface area (Å²) in [7, 11) is 0. The van der Waals surface area contributed by atoms with Crippen molar-refractivity contribution in [3.63, 3.8) is 0 Å². The van der Waals surface area contributed by atoms with E-state index in [9.17, 15) is 19.2 Å². The van der Waals surface area contributed by atoms with Crippen LogP contribution in [-0.2, 0) is 14.3 Å². The minimum Gasteiger partial charge on any atom is -0.454 e. The molecule has 0 N–H and O–H groups in total. The third kappa shape index (κ3) is 2.79. The van der Waals surface area contributed by atoms with E-state index in [1.54, 1.807) is 48.5 Å². The Kier molecular flexibility index (Phi) is 4.35. The summed E-state index contributed by atoms with van der Waals surface area (Å²) >= 11 is 0. The second-order valence-electron chi connectivity index (χ2n) is 7.89. The molecular formula is C24H19NO5. The molecule has 2 aromatic rings. The third-order valence-corrected chi connectivity index (χ3v) is 6.27. The number of allylic oxidation sites excluding steroid dienone is 2. The number of ketones is 1. The molecule has 0 spiro atoms. The molecular weight excluding hydrogens is 382 g/mol. The highest BCUT2D eigenvalue weighted by Crippen LogP contribution is 2.53. The van der Waals surface area contributed by atoms with E-state index in [0.717, 1.165) is 11.3 Å². The van der Waals surface area contributed by atoms with Gasteiger partial charge in [0.1, 0.15) is 0 Å². The van der Waals surface area contributed by atoms with E-state index in [2.05, 4.69) is 0 Å². The van der Waals surface area contributed by atoms with Gasteiger partial charge in [0.25, 0.3) is 0 Å². The molecule has 1 saturated heterocycles. The summed E-state index contributed by atoms with van der Waals surface area (Å²) in [5.41, 5.74) is 0.762. The molecule has 1 heterocycles. The number of carbonyl (C=O) groups excluding carboxylic acids is 4. The normalized spacial score (nSPS) is 26.2. The summed E-state index contributed by atoms with van der Waals surface area (Å²) in [5, 5.41) is 0. The number of ether oxygens (including phenoxy) is 1. The number of anilines is 1. The largest absolute Gasteiger partial charge is 0.454 e. The zero-order valence-corrected chi connectivity index (χ0v) is 16.1. The van der Waals surface area contributed by atoms with Crippen LogP contribution in [0.2, 0.25) is 0 Å². The minimum atomic E-state index is -0.742. The van der Waals surface area contributed by atoms with Crippen molar-refractivity contribution in [1.29, 1.82) is 0 Å². The summed E-state index contributed by atoms with van der Waals surface area (Å²) in [6, 6.07) is 14.9. The standard InChI is InChI=1S/C24H19NO5/c26-19(14-6-2-1-3-7-14)13-30-24(29)17-8-4-5-9-18(17)25-22(27)20-15-10-11-16(12-15)21(20)23(25)28/h1-11,15-16,20-21H,12-13H2/t15-,16+,20-,21+. The van der Waals surface area contributed by atoms with Crippen LogP contribution in [-0.4, -0.2) is 30.2 Å². The summed E-state index contributed by atoms with van der Waals surface area (Å²) < 4.78 is 5.21. The lowest BCUT2D eigenvalue weighted by molar-refractivity contribution is -0.123. The van der Waals surface area contributed by atoms with E-state index in [1.165, 1.54) is 6.07 Å². The van der Waals surface area contributed by atoms with Gasteiger partial charge in [0, 0.05) is 5.56 Å². The molecule has 2 amide bonds. The highest BCUT2D eigenvalue weighted by atomic mass is 16.5. The van der Waals surface area contributed by atoms with Gasteiger partial charge in [-0.15, -0.1) is 0 Å². The Morgan fingerprint density at radius 1 is 0.867 bits per heavy atom. The molecule has 2 aromatic carbocycles. The summed E-state index contributed by atoms with van der Waals surface area (Å²) in [6.07, 6.45) is 4.89. The Balaban J connectivity index is 1.37. The molecule has 150 valence electrons. The van der Waals surface area contributed by atoms with Crippen LogP contribution in [0.3, 0.4) is 0 Å². The first-order valence-corrected chi connectivity index (χ1v) is 9.97. The maximum atomic E-state index is 13.1. The van der Waals surface area contributed by atoms with Crippen LogP contribution in [0.1, 0.15) is 27.1 Å². The summed E-state index contributed by atoms with van der Waals surface area (Å²) in [5.74, 6) is -2.12. The van der Waals surface area contributed by atoms with E-state index < -0.39 is 12.6 Å². The maximum Gasteiger partial charge on any atom is 0.340 e. The number of imide groups is 1. The number of carbonyl (C=O) groups is 4. The van der Waals surface area contributed by atoms with Gasteiger partial charge in [-0.1, -0.05) is 54.6 Å². The number of hydrogen-bond acceptors (Lipinski definition) is 5. The highest BCUT2D eigenvalue weighted by Gasteiger charge is 2.59. The first-order valence-electron chi connectivity index (χ1n) is 9.97. The molecule has 1 aliphatic heterocycles. The van der Waals surface area contributed by atoms with Gasteiger partial charge < -0.3 is 4.74 Å². The fourth-order valence-electron chi connectivity index (χ4n) is 4.90. The second kappa shape index (κ2) is 7.06. The Morgan fingerprint density at radius 2 is 1.47 bits per heavy atom. The zero-order chi connectivity index (χ0) is 20.8. The Bertz CT molecular complexity index is 1060. The lowest BCUT2D eigenvalue weighted by Gasteiger charge is -2.19. The van der Waals surface area contributed by atoms with E-state index in [0.29, 0.717) is 5.56 Å². The van der Waals surface area contributed by atoms with Crippen molar-refractivity contribution in [1.82, 2.24) is 0 Å². The fraction of sp³-hybridized carbons (Fsp3) is 0.250. The molecule has 0 aromatic heterocycles. The van der Waals surface area contributed by atoms with Gasteiger partial charge in [-0.05, 0) is 30.4 Å². The van der Waals surface area contributed by atoms with Gasteiger partial charge in [0.05, 0.1) is 23.1 Å². The molecule has 6 nitrogen and oxygen atoms in total. The fourth-order valence-corrected chi connectivity index (χ4v) is 4.90. The smallest absolute Gasteiger partial charge is 0.340 e. The number of Topliss-reactive ketones (excluding diaryl/α,β-unsaturated/α-hetero) is 1. The van der Waals surface area contributed by atoms with E-state index >= 15 is 0 Å². The molecule has 4 atom stereocenters. The number of hydrogen-bond donors (Lipinski definition) is 0. The van der Waals surface area contributed by atoms with E-state index in [4.69, 9.17) is 4.74 Å². The van der Waals surface area contributed by atoms with Crippen LogP contribution in [0, 0.1) is 23.7 Å². The molecule has 1 saturated carbocycles. The Hall–Kier alpha value is -3.54. The van der Waals surface area contributed by atoms with Crippen molar-refractivity contribution in [2.24, 2.45) is 23.7 Å². The molecule has 2 fully saturated rings. The number of nitrogens with zero attached hydrogens (tertiary/aromatic N) is 1. The Morgan fingerprint density at radius 3 is 2.13 bits per heavy atom. The Labute approximate surface area is 173 Å². The molecule has 2 aliphatic carbocycles. The molecule has 0 unspecified atom stereocenters. The number of para-hydroxylation sites is 1. The topological polar surface area (TPSA) is 80.8 Å². The van der Waals surface area contributed by atoms with Crippen LogP contribution in [0.15, 0.2) is 66.7 Å². The number of amides is 2. The summed E-state index contributed by atoms with van der Waals surface area (Å²) in [4.78, 5) is 52.3. The van der Waals surface area contributed by atoms with Crippen molar-refractivity contribution in [2.45, 2.75) is 6.42 Å². The summed E-state index contributed by atoms with van der Waals surface area (Å²) in [6.45, 7) is -0.418. The van der Waals surface area contributed by atoms with Crippen LogP contribution < -0.4 is 4.90 Å². The lowest BCUT2D eigenvalue weighted by atomic mass is 9.85. The van der Waals surface area contributed by atoms with Gasteiger partial charge in [0.2, 0.25) is 11.8 Å². The first kappa shape index (κ1) is 18.5. The SMILES string of the molecule is O=C(COC(=O)c1ccccc1N1C(=O)[C@@H]2[C@H](C1=O)[C@@H]1C=C[C@H]2C1)c1ccccc1. The van der Waals surface area contributed by atoms with Crippen molar-refractivity contribution in [2.75, 3.05) is 11.5 Å². The van der Waals surface area contributed by atoms with E-state index in [1.807, 2.05) is 12.2 Å². The second-order valence-corrected chi connectivity index (χ2v) is 7.89. The maximum absolute atomic E-state index is 13.1. The predicted octanol–water partition coefficient (Wildman–Crippen LogP) is 3.04. The monoisotopic (exact) mass is 401 g/mol. The third-order valence-electron chi connectivity index (χ3n) is 6.27. The number of benzene rings is 2.